The second-order valence-corrected chi connectivity index (χ2v) is 4.80. The topological polar surface area (TPSA) is 58.6 Å². The summed E-state index contributed by atoms with van der Waals surface area (Å²) in [5.74, 6) is 0.120. The van der Waals surface area contributed by atoms with Crippen LogP contribution in [0.3, 0.4) is 0 Å². The van der Waals surface area contributed by atoms with Gasteiger partial charge in [0.1, 0.15) is 6.61 Å². The van der Waals surface area contributed by atoms with Gasteiger partial charge in [0.15, 0.2) is 0 Å². The average molecular weight is 268 g/mol. The van der Waals surface area contributed by atoms with Crippen LogP contribution in [0, 0.1) is 0 Å². The molecule has 0 radical (unpaired) electrons. The van der Waals surface area contributed by atoms with E-state index in [0.717, 1.165) is 25.7 Å². The first-order valence-electron chi connectivity index (χ1n) is 6.99. The molecule has 5 nitrogen and oxygen atoms in total. The van der Waals surface area contributed by atoms with Crippen LogP contribution >= 0.6 is 0 Å². The molecule has 2 amide bonds. The first kappa shape index (κ1) is 15.5. The third kappa shape index (κ3) is 5.77. The highest BCUT2D eigenvalue weighted by Gasteiger charge is 2.24. The summed E-state index contributed by atoms with van der Waals surface area (Å²) in [6.45, 7) is 7.08. The lowest BCUT2D eigenvalue weighted by Crippen LogP contribution is -2.46. The van der Waals surface area contributed by atoms with E-state index < -0.39 is 0 Å². The van der Waals surface area contributed by atoms with E-state index in [2.05, 4.69) is 18.8 Å². The summed E-state index contributed by atoms with van der Waals surface area (Å²) in [5, 5.41) is 3.02. The molecule has 1 aliphatic rings. The number of nitrogens with zero attached hydrogens (tertiary/aromatic N) is 1. The number of carbonyl (C=O) groups is 2. The van der Waals surface area contributed by atoms with Crippen LogP contribution in [-0.2, 0) is 9.53 Å². The van der Waals surface area contributed by atoms with Crippen molar-refractivity contribution in [2.24, 2.45) is 0 Å². The van der Waals surface area contributed by atoms with Crippen molar-refractivity contribution in [3.8, 4) is 0 Å². The zero-order chi connectivity index (χ0) is 14.1. The number of unbranched alkanes of at least 4 members (excludes halogenated alkanes) is 1. The fraction of sp³-hybridized carbons (Fsp3) is 0.714. The Labute approximate surface area is 115 Å². The third-order valence-corrected chi connectivity index (χ3v) is 3.20. The molecule has 0 bridgehead atoms. The predicted molar refractivity (Wildman–Crippen MR) is 73.8 cm³/mol. The van der Waals surface area contributed by atoms with Gasteiger partial charge < -0.3 is 15.0 Å². The molecule has 0 aliphatic carbocycles. The second kappa shape index (κ2) is 8.56. The van der Waals surface area contributed by atoms with Crippen LogP contribution in [0.25, 0.3) is 0 Å². The lowest BCUT2D eigenvalue weighted by atomic mass is 10.1. The molecule has 1 rings (SSSR count). The largest absolute Gasteiger partial charge is 0.445 e. The van der Waals surface area contributed by atoms with Crippen molar-refractivity contribution < 1.29 is 14.3 Å². The van der Waals surface area contributed by atoms with Gasteiger partial charge in [-0.25, -0.2) is 4.79 Å². The highest BCUT2D eigenvalue weighted by molar-refractivity contribution is 5.76. The Kier molecular flexibility index (Phi) is 7.00. The molecule has 5 heteroatoms. The molecule has 1 fully saturated rings. The molecule has 0 aromatic rings. The van der Waals surface area contributed by atoms with E-state index in [-0.39, 0.29) is 24.6 Å². The van der Waals surface area contributed by atoms with Gasteiger partial charge in [-0.3, -0.25) is 4.79 Å². The van der Waals surface area contributed by atoms with Gasteiger partial charge in [0, 0.05) is 25.6 Å². The summed E-state index contributed by atoms with van der Waals surface area (Å²) in [5.41, 5.74) is 0. The number of piperidine rings is 1. The molecule has 1 N–H and O–H groups in total. The summed E-state index contributed by atoms with van der Waals surface area (Å²) >= 11 is 0. The van der Waals surface area contributed by atoms with E-state index in [0.29, 0.717) is 19.5 Å². The number of hydrogen-bond donors (Lipinski definition) is 1. The van der Waals surface area contributed by atoms with Gasteiger partial charge in [0.05, 0.1) is 0 Å². The molecule has 0 spiro atoms. The Balaban J connectivity index is 2.23. The molecular formula is C14H24N2O3. The lowest BCUT2D eigenvalue weighted by molar-refractivity contribution is -0.122. The zero-order valence-corrected chi connectivity index (χ0v) is 11.7. The molecule has 0 saturated carbocycles. The van der Waals surface area contributed by atoms with Crippen LogP contribution in [-0.4, -0.2) is 42.6 Å². The van der Waals surface area contributed by atoms with E-state index in [9.17, 15) is 9.59 Å². The van der Waals surface area contributed by atoms with Crippen LogP contribution < -0.4 is 5.32 Å². The van der Waals surface area contributed by atoms with E-state index in [1.807, 2.05) is 0 Å². The summed E-state index contributed by atoms with van der Waals surface area (Å²) in [4.78, 5) is 24.9. The van der Waals surface area contributed by atoms with Crippen LogP contribution in [0.1, 0.15) is 39.0 Å². The van der Waals surface area contributed by atoms with Gasteiger partial charge >= 0.3 is 6.09 Å². The molecule has 0 aromatic carbocycles. The van der Waals surface area contributed by atoms with Crippen LogP contribution in [0.4, 0.5) is 4.79 Å². The Hall–Kier alpha value is -1.52. The standard InChI is InChI=1S/C14H24N2O3/c1-3-5-6-13(17)15-12-7-9-16(10-8-12)14(18)19-11-4-2/h4,12H,2-3,5-11H2,1H3,(H,15,17). The first-order valence-corrected chi connectivity index (χ1v) is 6.99. The Bertz CT molecular complexity index is 310. The van der Waals surface area contributed by atoms with Gasteiger partial charge in [0.25, 0.3) is 0 Å². The maximum absolute atomic E-state index is 11.6. The van der Waals surface area contributed by atoms with E-state index in [4.69, 9.17) is 4.74 Å². The number of amides is 2. The highest BCUT2D eigenvalue weighted by Crippen LogP contribution is 2.12. The number of carbonyl (C=O) groups excluding carboxylic acids is 2. The van der Waals surface area contributed by atoms with Gasteiger partial charge in [-0.05, 0) is 19.3 Å². The molecule has 108 valence electrons. The molecule has 0 atom stereocenters. The second-order valence-electron chi connectivity index (χ2n) is 4.80. The maximum atomic E-state index is 11.6. The van der Waals surface area contributed by atoms with Crippen molar-refractivity contribution >= 4 is 12.0 Å². The van der Waals surface area contributed by atoms with Crippen molar-refractivity contribution in [1.82, 2.24) is 10.2 Å². The molecule has 0 unspecified atom stereocenters. The molecular weight excluding hydrogens is 244 g/mol. The fourth-order valence-electron chi connectivity index (χ4n) is 2.07. The zero-order valence-electron chi connectivity index (χ0n) is 11.7. The number of likely N-dealkylation sites (tertiary alicyclic amines) is 1. The molecule has 19 heavy (non-hydrogen) atoms. The summed E-state index contributed by atoms with van der Waals surface area (Å²) in [7, 11) is 0. The van der Waals surface area contributed by atoms with Crippen molar-refractivity contribution in [3.05, 3.63) is 12.7 Å². The minimum Gasteiger partial charge on any atom is -0.445 e. The fourth-order valence-corrected chi connectivity index (χ4v) is 2.07. The minimum absolute atomic E-state index is 0.120. The Morgan fingerprint density at radius 2 is 2.11 bits per heavy atom. The number of rotatable bonds is 6. The molecule has 0 aromatic heterocycles. The predicted octanol–water partition coefficient (Wildman–Crippen LogP) is 2.08. The third-order valence-electron chi connectivity index (χ3n) is 3.20. The molecule has 1 heterocycles. The number of ether oxygens (including phenoxy) is 1. The van der Waals surface area contributed by atoms with E-state index in [1.54, 1.807) is 11.0 Å². The Morgan fingerprint density at radius 1 is 1.42 bits per heavy atom. The van der Waals surface area contributed by atoms with E-state index in [1.165, 1.54) is 0 Å². The van der Waals surface area contributed by atoms with Crippen LogP contribution in [0.15, 0.2) is 12.7 Å². The summed E-state index contributed by atoms with van der Waals surface area (Å²) < 4.78 is 4.98. The quantitative estimate of drug-likeness (QED) is 0.750. The smallest absolute Gasteiger partial charge is 0.410 e. The highest BCUT2D eigenvalue weighted by atomic mass is 16.6. The van der Waals surface area contributed by atoms with Crippen LogP contribution in [0.2, 0.25) is 0 Å². The number of nitrogens with one attached hydrogen (secondary N) is 1. The van der Waals surface area contributed by atoms with Gasteiger partial charge in [0.2, 0.25) is 5.91 Å². The lowest BCUT2D eigenvalue weighted by Gasteiger charge is -2.31. The maximum Gasteiger partial charge on any atom is 0.410 e. The first-order chi connectivity index (χ1) is 9.17. The monoisotopic (exact) mass is 268 g/mol. The molecule has 1 saturated heterocycles. The average Bonchev–Trinajstić information content (AvgIpc) is 2.43. The summed E-state index contributed by atoms with van der Waals surface area (Å²) in [6, 6.07) is 0.188. The Morgan fingerprint density at radius 3 is 2.68 bits per heavy atom. The number of hydrogen-bond acceptors (Lipinski definition) is 3. The van der Waals surface area contributed by atoms with Crippen LogP contribution in [0.5, 0.6) is 0 Å². The van der Waals surface area contributed by atoms with Gasteiger partial charge in [-0.2, -0.15) is 0 Å². The normalized spacial score (nSPS) is 15.9. The SMILES string of the molecule is C=CCOC(=O)N1CCC(NC(=O)CCCC)CC1. The van der Waals surface area contributed by atoms with Crippen molar-refractivity contribution in [2.45, 2.75) is 45.1 Å². The van der Waals surface area contributed by atoms with Gasteiger partial charge in [-0.15, -0.1) is 0 Å². The summed E-state index contributed by atoms with van der Waals surface area (Å²) in [6.07, 6.45) is 5.40. The van der Waals surface area contributed by atoms with Gasteiger partial charge in [-0.1, -0.05) is 26.0 Å². The van der Waals surface area contributed by atoms with Crippen molar-refractivity contribution in [2.75, 3.05) is 19.7 Å². The minimum atomic E-state index is -0.296. The van der Waals surface area contributed by atoms with E-state index >= 15 is 0 Å². The van der Waals surface area contributed by atoms with Crippen molar-refractivity contribution in [3.63, 3.8) is 0 Å². The molecule has 1 aliphatic heterocycles. The van der Waals surface area contributed by atoms with Crippen molar-refractivity contribution in [1.29, 1.82) is 0 Å².